The molecule has 0 N–H and O–H groups in total. The van der Waals surface area contributed by atoms with Crippen LogP contribution in [0.1, 0.15) is 75.3 Å². The molecule has 0 amide bonds. The van der Waals surface area contributed by atoms with E-state index in [9.17, 15) is 0 Å². The van der Waals surface area contributed by atoms with Gasteiger partial charge in [-0.2, -0.15) is 0 Å². The molecule has 1 aliphatic rings. The van der Waals surface area contributed by atoms with Gasteiger partial charge in [-0.25, -0.2) is 0 Å². The first-order chi connectivity index (χ1) is 19.0. The second-order valence-electron chi connectivity index (χ2n) is 12.8. The van der Waals surface area contributed by atoms with Crippen LogP contribution in [0.4, 0.5) is 0 Å². The van der Waals surface area contributed by atoms with E-state index in [0.29, 0.717) is 5.92 Å². The van der Waals surface area contributed by atoms with Crippen molar-refractivity contribution in [3.63, 3.8) is 0 Å². The molecule has 0 fully saturated rings. The Kier molecular flexibility index (Phi) is 10.8. The standard InChI is InChI=1S/C26H29.C13H10.2CH3.Zr/c1-25(2,3)19-11-12-20-18(15-19)16-22-21(20)13-14-23(26(4,5)6)24(22)17-9-7-8-10-17;1-3-7-12(8-4-1)11-13-9-5-2-6-10-13;;;/h7-17H,1-6H3;1-10H;2*1H3;/q-1;;2*-1;. The summed E-state index contributed by atoms with van der Waals surface area (Å²) < 4.78 is 1.42. The second-order valence-corrected chi connectivity index (χ2v) is 14.1. The van der Waals surface area contributed by atoms with Crippen LogP contribution in [0.25, 0.3) is 21.5 Å². The van der Waals surface area contributed by atoms with Crippen LogP contribution in [-0.2, 0) is 35.1 Å². The molecule has 1 heteroatoms. The summed E-state index contributed by atoms with van der Waals surface area (Å²) in [5, 5.41) is 5.54. The van der Waals surface area contributed by atoms with Gasteiger partial charge in [-0.1, -0.05) is 107 Å². The van der Waals surface area contributed by atoms with E-state index in [1.54, 1.807) is 0 Å². The van der Waals surface area contributed by atoms with E-state index in [-0.39, 0.29) is 25.7 Å². The number of allylic oxidation sites excluding steroid dienone is 4. The van der Waals surface area contributed by atoms with E-state index in [2.05, 4.69) is 163 Å². The van der Waals surface area contributed by atoms with Crippen molar-refractivity contribution in [1.29, 1.82) is 0 Å². The zero-order valence-corrected chi connectivity index (χ0v) is 29.1. The Balaban J connectivity index is 0.000000258. The zero-order chi connectivity index (χ0) is 28.5. The van der Waals surface area contributed by atoms with Crippen molar-refractivity contribution in [3.8, 4) is 0 Å². The molecule has 0 radical (unpaired) electrons. The number of hydrogen-bond acceptors (Lipinski definition) is 0. The van der Waals surface area contributed by atoms with E-state index in [0.717, 1.165) is 0 Å². The van der Waals surface area contributed by atoms with Gasteiger partial charge in [0.25, 0.3) is 0 Å². The molecular formula is C41H45Zr-3. The van der Waals surface area contributed by atoms with Crippen LogP contribution in [0.15, 0.2) is 121 Å². The number of rotatable bonds is 3. The average molecular weight is 629 g/mol. The first-order valence-electron chi connectivity index (χ1n) is 14.3. The molecule has 0 aliphatic heterocycles. The van der Waals surface area contributed by atoms with Crippen molar-refractivity contribution in [2.45, 2.75) is 58.3 Å². The Morgan fingerprint density at radius 2 is 1.17 bits per heavy atom. The Morgan fingerprint density at radius 3 is 1.67 bits per heavy atom. The van der Waals surface area contributed by atoms with Crippen LogP contribution in [0.2, 0.25) is 0 Å². The fraction of sp³-hybridized carbons (Fsp3) is 0.220. The second kappa shape index (κ2) is 13.5. The maximum atomic E-state index is 2.42. The Morgan fingerprint density at radius 1 is 0.643 bits per heavy atom. The molecule has 0 bridgehead atoms. The first-order valence-corrected chi connectivity index (χ1v) is 15.5. The van der Waals surface area contributed by atoms with Gasteiger partial charge in [0.1, 0.15) is 0 Å². The van der Waals surface area contributed by atoms with Crippen LogP contribution in [-0.4, -0.2) is 3.21 Å². The van der Waals surface area contributed by atoms with Gasteiger partial charge < -0.3 is 14.9 Å². The third-order valence-corrected chi connectivity index (χ3v) is 9.23. The van der Waals surface area contributed by atoms with Gasteiger partial charge in [0.2, 0.25) is 0 Å². The van der Waals surface area contributed by atoms with Crippen LogP contribution in [0, 0.1) is 14.9 Å². The number of hydrogen-bond donors (Lipinski definition) is 0. The molecule has 0 saturated heterocycles. The summed E-state index contributed by atoms with van der Waals surface area (Å²) in [7, 11) is 0. The summed E-state index contributed by atoms with van der Waals surface area (Å²) in [5.74, 6) is 0.381. The molecule has 0 heterocycles. The van der Waals surface area contributed by atoms with Crippen molar-refractivity contribution in [1.82, 2.24) is 0 Å². The molecule has 216 valence electrons. The fourth-order valence-electron chi connectivity index (χ4n) is 5.59. The fourth-order valence-corrected chi connectivity index (χ4v) is 6.41. The summed E-state index contributed by atoms with van der Waals surface area (Å²) >= 11 is 1.46. The molecule has 42 heavy (non-hydrogen) atoms. The van der Waals surface area contributed by atoms with Gasteiger partial charge in [-0.3, -0.25) is 0 Å². The summed E-state index contributed by atoms with van der Waals surface area (Å²) in [4.78, 5) is 0. The minimum absolute atomic E-state index is 0. The third kappa shape index (κ3) is 7.12. The molecule has 0 spiro atoms. The van der Waals surface area contributed by atoms with E-state index >= 15 is 0 Å². The van der Waals surface area contributed by atoms with Crippen molar-refractivity contribution in [3.05, 3.63) is 164 Å². The first kappa shape index (κ1) is 33.5. The van der Waals surface area contributed by atoms with Gasteiger partial charge in [0.05, 0.1) is 0 Å². The molecule has 5 aromatic rings. The van der Waals surface area contributed by atoms with Crippen LogP contribution in [0.5, 0.6) is 0 Å². The van der Waals surface area contributed by atoms with Crippen LogP contribution < -0.4 is 0 Å². The van der Waals surface area contributed by atoms with Crippen LogP contribution >= 0.6 is 0 Å². The summed E-state index contributed by atoms with van der Waals surface area (Å²) in [6.07, 6.45) is 9.00. The number of benzene rings is 4. The van der Waals surface area contributed by atoms with Gasteiger partial charge in [-0.15, -0.1) is 33.7 Å². The normalized spacial score (nSPS) is 12.9. The SMILES string of the molecule is CC(C)(C)c1ccc2c(c1)[cH-]c1c(C3C=CC=C3)c(C(C)(C)C)ccc12.[CH3-].[CH3-].[Zr]=[C](c1ccccc1)c1ccccc1. The van der Waals surface area contributed by atoms with Gasteiger partial charge in [-0.05, 0) is 16.7 Å². The summed E-state index contributed by atoms with van der Waals surface area (Å²) in [6, 6.07) is 35.2. The molecule has 0 saturated carbocycles. The molecule has 5 aromatic carbocycles. The Bertz CT molecular complexity index is 1640. The molecule has 0 aromatic heterocycles. The molecule has 0 nitrogen and oxygen atoms in total. The number of fused-ring (bicyclic) bond motifs is 3. The van der Waals surface area contributed by atoms with Crippen molar-refractivity contribution >= 4 is 24.8 Å². The average Bonchev–Trinajstić information content (AvgIpc) is 3.60. The van der Waals surface area contributed by atoms with Gasteiger partial charge in [0.15, 0.2) is 0 Å². The monoisotopic (exact) mass is 627 g/mol. The van der Waals surface area contributed by atoms with E-state index < -0.39 is 0 Å². The summed E-state index contributed by atoms with van der Waals surface area (Å²) in [5.41, 5.74) is 7.31. The van der Waals surface area contributed by atoms with Gasteiger partial charge >= 0.3 is 99.2 Å². The summed E-state index contributed by atoms with van der Waals surface area (Å²) in [6.45, 7) is 13.8. The minimum atomic E-state index is 0. The molecule has 1 aliphatic carbocycles. The molecule has 0 atom stereocenters. The predicted molar refractivity (Wildman–Crippen MR) is 184 cm³/mol. The van der Waals surface area contributed by atoms with Crippen molar-refractivity contribution in [2.24, 2.45) is 0 Å². The zero-order valence-electron chi connectivity index (χ0n) is 26.6. The van der Waals surface area contributed by atoms with E-state index in [1.165, 1.54) is 76.8 Å². The topological polar surface area (TPSA) is 0 Å². The van der Waals surface area contributed by atoms with Gasteiger partial charge in [0, 0.05) is 0 Å². The Labute approximate surface area is 269 Å². The van der Waals surface area contributed by atoms with Crippen molar-refractivity contribution in [2.75, 3.05) is 0 Å². The third-order valence-electron chi connectivity index (χ3n) is 7.81. The van der Waals surface area contributed by atoms with Crippen LogP contribution in [0.3, 0.4) is 0 Å². The molecule has 6 rings (SSSR count). The maximum absolute atomic E-state index is 2.42. The quantitative estimate of drug-likeness (QED) is 0.174. The van der Waals surface area contributed by atoms with E-state index in [4.69, 9.17) is 0 Å². The Hall–Kier alpha value is -3.02. The predicted octanol–water partition coefficient (Wildman–Crippen LogP) is 11.2. The molecule has 0 unspecified atom stereocenters. The molecular weight excluding hydrogens is 584 g/mol. The van der Waals surface area contributed by atoms with E-state index in [1.807, 2.05) is 0 Å². The van der Waals surface area contributed by atoms with Crippen molar-refractivity contribution < 1.29 is 24.2 Å².